The van der Waals surface area contributed by atoms with Gasteiger partial charge in [0.25, 0.3) is 11.8 Å². The Hall–Kier alpha value is -7.63. The maximum atomic E-state index is 17.2. The molecular formula is C57H60F2N10O8. The number of nitrogens with one attached hydrogen (secondary N) is 4. The van der Waals surface area contributed by atoms with Crippen LogP contribution in [0.15, 0.2) is 54.7 Å². The van der Waals surface area contributed by atoms with E-state index in [0.29, 0.717) is 59.5 Å². The van der Waals surface area contributed by atoms with Crippen LogP contribution < -0.4 is 30.9 Å². The molecule has 6 aliphatic heterocycles. The number of carbonyl (C=O) groups excluding carboxylic acids is 6. The van der Waals surface area contributed by atoms with Crippen LogP contribution in [-0.4, -0.2) is 129 Å². The molecular weight excluding hydrogens is 991 g/mol. The molecule has 6 unspecified atom stereocenters. The quantitative estimate of drug-likeness (QED) is 0.0430. The van der Waals surface area contributed by atoms with Crippen molar-refractivity contribution in [1.29, 1.82) is 0 Å². The number of piperidine rings is 1. The highest BCUT2D eigenvalue weighted by Crippen LogP contribution is 2.46. The van der Waals surface area contributed by atoms with E-state index in [1.807, 2.05) is 0 Å². The van der Waals surface area contributed by atoms with E-state index in [0.717, 1.165) is 69.2 Å². The van der Waals surface area contributed by atoms with Crippen molar-refractivity contribution in [3.63, 3.8) is 0 Å². The fourth-order valence-corrected chi connectivity index (χ4v) is 12.7. The summed E-state index contributed by atoms with van der Waals surface area (Å²) in [4.78, 5) is 96.2. The monoisotopic (exact) mass is 1050 g/mol. The first-order valence-electron chi connectivity index (χ1n) is 26.8. The van der Waals surface area contributed by atoms with E-state index in [1.165, 1.54) is 12.1 Å². The van der Waals surface area contributed by atoms with Crippen LogP contribution in [-0.2, 0) is 19.1 Å². The van der Waals surface area contributed by atoms with Gasteiger partial charge in [0.15, 0.2) is 5.82 Å². The number of unbranched alkanes of at least 4 members (excludes halogenated alkanes) is 4. The third-order valence-corrected chi connectivity index (χ3v) is 16.3. The van der Waals surface area contributed by atoms with Gasteiger partial charge in [-0.25, -0.2) is 13.6 Å². The van der Waals surface area contributed by atoms with E-state index >= 15 is 8.78 Å². The lowest BCUT2D eigenvalue weighted by Gasteiger charge is -2.35. The predicted octanol–water partition coefficient (Wildman–Crippen LogP) is 6.77. The number of fused-ring (bicyclic) bond motifs is 6. The van der Waals surface area contributed by atoms with E-state index in [1.54, 1.807) is 42.6 Å². The van der Waals surface area contributed by atoms with Gasteiger partial charge in [-0.3, -0.25) is 44.1 Å². The molecule has 3 aromatic carbocycles. The van der Waals surface area contributed by atoms with Crippen molar-refractivity contribution < 1.29 is 47.0 Å². The topological polar surface area (TPSA) is 217 Å². The smallest absolute Gasteiger partial charge is 0.407 e. The minimum Gasteiger partial charge on any atom is -0.461 e. The van der Waals surface area contributed by atoms with Crippen LogP contribution in [0.1, 0.15) is 117 Å². The summed E-state index contributed by atoms with van der Waals surface area (Å²) in [6, 6.07) is 12.2. The first kappa shape index (κ1) is 51.5. The second-order valence-electron chi connectivity index (χ2n) is 21.5. The van der Waals surface area contributed by atoms with Gasteiger partial charge in [-0.05, 0) is 80.9 Å². The van der Waals surface area contributed by atoms with Crippen LogP contribution in [0, 0.1) is 29.9 Å². The largest absolute Gasteiger partial charge is 0.461 e. The number of halogens is 2. The first-order valence-corrected chi connectivity index (χ1v) is 26.8. The Morgan fingerprint density at radius 1 is 0.909 bits per heavy atom. The van der Waals surface area contributed by atoms with Crippen LogP contribution in [0.3, 0.4) is 0 Å². The van der Waals surface area contributed by atoms with Gasteiger partial charge in [0.1, 0.15) is 42.1 Å². The van der Waals surface area contributed by atoms with Crippen molar-refractivity contribution in [2.45, 2.75) is 120 Å². The Labute approximate surface area is 443 Å². The maximum Gasteiger partial charge on any atom is 0.407 e. The van der Waals surface area contributed by atoms with E-state index < -0.39 is 47.4 Å². The number of nitrogens with zero attached hydrogens (tertiary/aromatic N) is 6. The molecule has 0 spiro atoms. The Morgan fingerprint density at radius 2 is 1.69 bits per heavy atom. The summed E-state index contributed by atoms with van der Waals surface area (Å²) < 4.78 is 44.6. The molecule has 8 heterocycles. The Morgan fingerprint density at radius 3 is 2.49 bits per heavy atom. The number of anilines is 2. The number of rotatable bonds is 17. The first-order chi connectivity index (χ1) is 37.3. The van der Waals surface area contributed by atoms with Gasteiger partial charge in [-0.1, -0.05) is 62.4 Å². The fraction of sp³-hybridized carbons (Fsp3) is 0.456. The molecule has 0 aliphatic carbocycles. The summed E-state index contributed by atoms with van der Waals surface area (Å²) in [7, 11) is 0. The number of alkyl carbamates (subject to hydrolysis) is 1. The summed E-state index contributed by atoms with van der Waals surface area (Å²) in [5.41, 5.74) is 0.371. The number of pyridine rings is 1. The number of aromatic nitrogens is 3. The second-order valence-corrected chi connectivity index (χ2v) is 21.5. The number of carbonyl (C=O) groups is 6. The third kappa shape index (κ3) is 10.0. The van der Waals surface area contributed by atoms with Gasteiger partial charge in [0, 0.05) is 74.3 Å². The average Bonchev–Trinajstić information content (AvgIpc) is 4.28. The van der Waals surface area contributed by atoms with Crippen LogP contribution in [0.4, 0.5) is 25.1 Å². The minimum atomic E-state index is -1.10. The number of hydrogen-bond acceptors (Lipinski definition) is 14. The van der Waals surface area contributed by atoms with Gasteiger partial charge in [-0.2, -0.15) is 9.97 Å². The Kier molecular flexibility index (Phi) is 14.3. The van der Waals surface area contributed by atoms with Crippen molar-refractivity contribution in [1.82, 2.24) is 40.7 Å². The Balaban J connectivity index is 0.665. The SMILES string of the molecule is C#Cc1c(F)ccc2cccc(-c3ncc4c(N5CC6CCC(C5)N6)nc(OCC56CCC(COC(=O)NCCCCCCCC(=O)Nc7cccc8c7C(=O)N(C7CCC(=O)NC7=O)C8=O)N5CC(C)C6)nc4c3F)c12. The standard InChI is InChI=1S/C57H60F2N10O8/c1-3-37-41(58)19-16-33-11-9-12-38(46(33)37)49-48(59)50-40(26-61-49)51(67-28-34-17-18-35(29-67)62-34)66-55(65-50)77-31-57-23-22-36(68(57)27-32(2)25-57)30-76-56(75)60-24-8-6-4-5-7-15-44(70)63-42-14-10-13-39-47(42)54(74)69(53(39)73)43-20-21-45(71)64-52(43)72/h1,9-14,16,19,26,32,34-36,43,62H,4-8,15,17-18,20-25,27-31H2,2H3,(H,60,75)(H,63,70)(H,64,71,72). The number of terminal acetylenes is 1. The van der Waals surface area contributed by atoms with Crippen LogP contribution in [0.25, 0.3) is 32.9 Å². The Bertz CT molecular complexity index is 3270. The molecule has 0 saturated carbocycles. The van der Waals surface area contributed by atoms with Crippen LogP contribution in [0.2, 0.25) is 0 Å². The van der Waals surface area contributed by atoms with Gasteiger partial charge >= 0.3 is 12.1 Å². The lowest BCUT2D eigenvalue weighted by molar-refractivity contribution is -0.136. The molecule has 6 aliphatic rings. The average molecular weight is 1050 g/mol. The number of piperazine rings is 1. The third-order valence-electron chi connectivity index (χ3n) is 16.3. The molecule has 11 rings (SSSR count). The number of ether oxygens (including phenoxy) is 2. The van der Waals surface area contributed by atoms with Gasteiger partial charge in [0.2, 0.25) is 17.7 Å². The second kappa shape index (κ2) is 21.4. The molecule has 6 atom stereocenters. The van der Waals surface area contributed by atoms with Gasteiger partial charge in [0.05, 0.1) is 33.3 Å². The fourth-order valence-electron chi connectivity index (χ4n) is 12.7. The van der Waals surface area contributed by atoms with E-state index in [4.69, 9.17) is 25.9 Å². The normalized spacial score (nSPS) is 23.8. The highest BCUT2D eigenvalue weighted by atomic mass is 19.1. The summed E-state index contributed by atoms with van der Waals surface area (Å²) in [5, 5.41) is 13.0. The summed E-state index contributed by atoms with van der Waals surface area (Å²) in [6.07, 6.45) is 15.3. The zero-order valence-electron chi connectivity index (χ0n) is 42.8. The van der Waals surface area contributed by atoms with E-state index in [-0.39, 0.29) is 102 Å². The lowest BCUT2D eigenvalue weighted by Crippen LogP contribution is -2.54. The summed E-state index contributed by atoms with van der Waals surface area (Å²) >= 11 is 0. The zero-order valence-corrected chi connectivity index (χ0v) is 42.8. The molecule has 6 amide bonds. The van der Waals surface area contributed by atoms with Gasteiger partial charge in [-0.15, -0.1) is 6.42 Å². The molecule has 77 heavy (non-hydrogen) atoms. The van der Waals surface area contributed by atoms with Crippen molar-refractivity contribution in [3.8, 4) is 29.6 Å². The molecule has 400 valence electrons. The number of amides is 6. The maximum absolute atomic E-state index is 17.2. The molecule has 20 heteroatoms. The van der Waals surface area contributed by atoms with Crippen molar-refractivity contribution in [2.24, 2.45) is 5.92 Å². The molecule has 5 aromatic rings. The van der Waals surface area contributed by atoms with E-state index in [9.17, 15) is 28.8 Å². The molecule has 2 bridgehead atoms. The van der Waals surface area contributed by atoms with Crippen molar-refractivity contribution in [3.05, 3.63) is 83.1 Å². The van der Waals surface area contributed by atoms with Crippen molar-refractivity contribution >= 4 is 68.8 Å². The molecule has 5 fully saturated rings. The molecule has 0 radical (unpaired) electrons. The van der Waals surface area contributed by atoms with Gasteiger partial charge < -0.3 is 30.3 Å². The molecule has 4 N–H and O–H groups in total. The minimum absolute atomic E-state index is 0.00568. The number of hydrogen-bond donors (Lipinski definition) is 4. The highest BCUT2D eigenvalue weighted by molar-refractivity contribution is 6.26. The summed E-state index contributed by atoms with van der Waals surface area (Å²) in [5.74, 6) is -0.728. The number of imide groups is 2. The molecule has 5 saturated heterocycles. The van der Waals surface area contributed by atoms with Crippen LogP contribution >= 0.6 is 0 Å². The van der Waals surface area contributed by atoms with Crippen molar-refractivity contribution in [2.75, 3.05) is 49.6 Å². The van der Waals surface area contributed by atoms with E-state index in [2.05, 4.69) is 48.9 Å². The predicted molar refractivity (Wildman–Crippen MR) is 281 cm³/mol. The lowest BCUT2D eigenvalue weighted by atomic mass is 9.91. The zero-order chi connectivity index (χ0) is 53.5. The highest BCUT2D eigenvalue weighted by Gasteiger charge is 2.53. The molecule has 18 nitrogen and oxygen atoms in total. The van der Waals surface area contributed by atoms with Crippen LogP contribution in [0.5, 0.6) is 6.01 Å². The molecule has 2 aromatic heterocycles. The number of benzene rings is 3. The summed E-state index contributed by atoms with van der Waals surface area (Å²) in [6.45, 7) is 5.24.